The van der Waals surface area contributed by atoms with Gasteiger partial charge in [0.25, 0.3) is 0 Å². The molecule has 0 atom stereocenters. The number of ether oxygens (including phenoxy) is 2. The van der Waals surface area contributed by atoms with E-state index in [-0.39, 0.29) is 0 Å². The second-order valence-corrected chi connectivity index (χ2v) is 12.3. The smallest absolute Gasteiger partial charge is 0.170 e. The number of allylic oxidation sites excluding steroid dienone is 6. The molecule has 0 bridgehead atoms. The molecule has 0 unspecified atom stereocenters. The number of rotatable bonds is 8. The summed E-state index contributed by atoms with van der Waals surface area (Å²) in [6.45, 7) is 0. The molecular formula is C30H28Cl2O4S. The molecule has 7 heteroatoms. The number of hydrogen-bond donors (Lipinski definition) is 0. The molecule has 0 amide bonds. The van der Waals surface area contributed by atoms with Crippen LogP contribution in [0.15, 0.2) is 109 Å². The summed E-state index contributed by atoms with van der Waals surface area (Å²) in [7, 11) is -0.375. The van der Waals surface area contributed by atoms with Crippen LogP contribution < -0.4 is 9.47 Å². The van der Waals surface area contributed by atoms with Crippen molar-refractivity contribution >= 4 is 45.2 Å². The van der Waals surface area contributed by atoms with Gasteiger partial charge in [-0.3, -0.25) is 0 Å². The summed E-state index contributed by atoms with van der Waals surface area (Å²) < 4.78 is 37.4. The predicted octanol–water partition coefficient (Wildman–Crippen LogP) is 6.79. The van der Waals surface area contributed by atoms with Gasteiger partial charge in [0, 0.05) is 11.1 Å². The Balaban J connectivity index is 1.45. The monoisotopic (exact) mass is 554 g/mol. The van der Waals surface area contributed by atoms with Gasteiger partial charge in [-0.1, -0.05) is 109 Å². The van der Waals surface area contributed by atoms with Crippen molar-refractivity contribution < 1.29 is 17.9 Å². The van der Waals surface area contributed by atoms with Crippen molar-refractivity contribution in [2.45, 2.75) is 20.2 Å². The zero-order valence-electron chi connectivity index (χ0n) is 20.5. The summed E-state index contributed by atoms with van der Waals surface area (Å²) in [4.78, 5) is -1.86. The lowest BCUT2D eigenvalue weighted by Gasteiger charge is -2.26. The zero-order valence-corrected chi connectivity index (χ0v) is 22.8. The average Bonchev–Trinajstić information content (AvgIpc) is 2.91. The minimum absolute atomic E-state index is 0.729. The summed E-state index contributed by atoms with van der Waals surface area (Å²) in [6.07, 6.45) is 20.6. The lowest BCUT2D eigenvalue weighted by Crippen LogP contribution is -2.32. The number of methoxy groups -OCH3 is 2. The first-order valence-electron chi connectivity index (χ1n) is 11.7. The van der Waals surface area contributed by atoms with Crippen LogP contribution in [-0.2, 0) is 9.84 Å². The molecule has 2 aliphatic rings. The highest BCUT2D eigenvalue weighted by Gasteiger charge is 2.34. The quantitative estimate of drug-likeness (QED) is 0.266. The van der Waals surface area contributed by atoms with E-state index >= 15 is 0 Å². The van der Waals surface area contributed by atoms with Gasteiger partial charge in [-0.25, -0.2) is 8.42 Å². The van der Waals surface area contributed by atoms with Gasteiger partial charge in [-0.15, -0.1) is 23.2 Å². The van der Waals surface area contributed by atoms with Gasteiger partial charge >= 0.3 is 0 Å². The van der Waals surface area contributed by atoms with E-state index in [1.807, 2.05) is 60.7 Å². The second kappa shape index (κ2) is 11.2. The minimum atomic E-state index is -3.59. The van der Waals surface area contributed by atoms with Crippen LogP contribution in [0.1, 0.15) is 11.1 Å². The molecule has 37 heavy (non-hydrogen) atoms. The highest BCUT2D eigenvalue weighted by atomic mass is 35.5. The molecule has 0 spiro atoms. The zero-order chi connectivity index (χ0) is 26.5. The predicted molar refractivity (Wildman–Crippen MR) is 154 cm³/mol. The van der Waals surface area contributed by atoms with Gasteiger partial charge in [0.1, 0.15) is 11.5 Å². The molecule has 0 fully saturated rings. The molecule has 0 N–H and O–H groups in total. The Morgan fingerprint density at radius 3 is 1.38 bits per heavy atom. The normalized spacial score (nSPS) is 27.2. The highest BCUT2D eigenvalue weighted by Crippen LogP contribution is 2.33. The average molecular weight is 556 g/mol. The van der Waals surface area contributed by atoms with Crippen molar-refractivity contribution in [1.29, 1.82) is 0 Å². The number of sulfone groups is 1. The fraction of sp³-hybridized carbons (Fsp3) is 0.200. The third-order valence-corrected chi connectivity index (χ3v) is 9.14. The van der Waals surface area contributed by atoms with Crippen molar-refractivity contribution in [3.8, 4) is 11.5 Å². The molecule has 0 radical (unpaired) electrons. The van der Waals surface area contributed by atoms with Crippen molar-refractivity contribution in [2.75, 3.05) is 14.2 Å². The Hall–Kier alpha value is -2.99. The van der Waals surface area contributed by atoms with Crippen LogP contribution in [-0.4, -0.2) is 42.9 Å². The molecule has 2 aromatic rings. The van der Waals surface area contributed by atoms with Gasteiger partial charge in [0.15, 0.2) is 9.84 Å². The summed E-state index contributed by atoms with van der Waals surface area (Å²) in [5.74, 6) is 1.46. The molecule has 0 aliphatic heterocycles. The maximum atomic E-state index is 13.3. The minimum Gasteiger partial charge on any atom is -0.496 e. The fourth-order valence-electron chi connectivity index (χ4n) is 4.09. The third kappa shape index (κ3) is 6.30. The van der Waals surface area contributed by atoms with Gasteiger partial charge in [0.05, 0.1) is 34.5 Å². The summed E-state index contributed by atoms with van der Waals surface area (Å²) >= 11 is 13.4. The van der Waals surface area contributed by atoms with E-state index in [1.165, 1.54) is 0 Å². The molecular weight excluding hydrogens is 527 g/mol. The number of para-hydroxylation sites is 2. The number of alkyl halides is 2. The molecule has 0 heterocycles. The molecule has 2 aromatic carbocycles. The Morgan fingerprint density at radius 2 is 1.03 bits per heavy atom. The topological polar surface area (TPSA) is 52.6 Å². The number of hydrogen-bond acceptors (Lipinski definition) is 4. The highest BCUT2D eigenvalue weighted by molar-refractivity contribution is 7.93. The van der Waals surface area contributed by atoms with E-state index in [4.69, 9.17) is 32.7 Å². The first kappa shape index (κ1) is 27.1. The maximum Gasteiger partial charge on any atom is 0.170 e. The lowest BCUT2D eigenvalue weighted by atomic mass is 10.00. The van der Waals surface area contributed by atoms with Crippen LogP contribution in [0.2, 0.25) is 0 Å². The maximum absolute atomic E-state index is 13.3. The largest absolute Gasteiger partial charge is 0.496 e. The van der Waals surface area contributed by atoms with Gasteiger partial charge in [-0.05, 0) is 12.1 Å². The number of benzene rings is 2. The molecule has 4 rings (SSSR count). The third-order valence-electron chi connectivity index (χ3n) is 6.24. The number of halogens is 2. The van der Waals surface area contributed by atoms with E-state index in [2.05, 4.69) is 0 Å². The van der Waals surface area contributed by atoms with E-state index in [0.717, 1.165) is 22.6 Å². The van der Waals surface area contributed by atoms with E-state index < -0.39 is 30.1 Å². The molecule has 0 saturated heterocycles. The Labute approximate surface area is 228 Å². The fourth-order valence-corrected chi connectivity index (χ4v) is 6.06. The van der Waals surface area contributed by atoms with Crippen molar-refractivity contribution in [3.05, 3.63) is 120 Å². The SMILES string of the molecule is COc1ccccc1/C=C/C1(Cl)C=CC(S(=O)(=O)C2C=CC(Cl)(/C=C/c3ccccc3OC)C=C2)C=C1. The lowest BCUT2D eigenvalue weighted by molar-refractivity contribution is 0.413. The Morgan fingerprint density at radius 1 is 0.676 bits per heavy atom. The molecule has 4 nitrogen and oxygen atoms in total. The molecule has 0 saturated carbocycles. The van der Waals surface area contributed by atoms with Crippen LogP contribution in [0.3, 0.4) is 0 Å². The van der Waals surface area contributed by atoms with Crippen molar-refractivity contribution in [1.82, 2.24) is 0 Å². The summed E-state index contributed by atoms with van der Waals surface area (Å²) in [5, 5.41) is -1.60. The standard InChI is InChI=1S/C30H28Cl2O4S/c1-35-27-9-5-3-7-23(27)11-17-29(31)19-13-25(14-20-29)37(33,34)26-15-21-30(32,22-16-26)18-12-24-8-4-6-10-28(24)36-2/h3-22,25-26H,1-2H3/b17-11+,18-12+. The van der Waals surface area contributed by atoms with Crippen molar-refractivity contribution in [3.63, 3.8) is 0 Å². The summed E-state index contributed by atoms with van der Waals surface area (Å²) in [5.41, 5.74) is 1.76. The molecule has 2 aliphatic carbocycles. The van der Waals surface area contributed by atoms with E-state index in [0.29, 0.717) is 0 Å². The van der Waals surface area contributed by atoms with Crippen LogP contribution in [0.25, 0.3) is 12.2 Å². The van der Waals surface area contributed by atoms with Crippen LogP contribution in [0.5, 0.6) is 11.5 Å². The second-order valence-electron chi connectivity index (χ2n) is 8.76. The molecule has 0 aromatic heterocycles. The Bertz CT molecular complexity index is 1290. The first-order valence-corrected chi connectivity index (χ1v) is 14.1. The van der Waals surface area contributed by atoms with E-state index in [9.17, 15) is 8.42 Å². The van der Waals surface area contributed by atoms with Crippen LogP contribution in [0, 0.1) is 0 Å². The van der Waals surface area contributed by atoms with Crippen LogP contribution in [0.4, 0.5) is 0 Å². The Kier molecular flexibility index (Phi) is 8.17. The van der Waals surface area contributed by atoms with Crippen LogP contribution >= 0.6 is 23.2 Å². The van der Waals surface area contributed by atoms with Crippen molar-refractivity contribution in [2.24, 2.45) is 0 Å². The van der Waals surface area contributed by atoms with E-state index in [1.54, 1.807) is 75.0 Å². The first-order chi connectivity index (χ1) is 17.7. The summed E-state index contributed by atoms with van der Waals surface area (Å²) in [6, 6.07) is 15.2. The van der Waals surface area contributed by atoms with Gasteiger partial charge in [0.2, 0.25) is 0 Å². The van der Waals surface area contributed by atoms with Gasteiger partial charge in [-0.2, -0.15) is 0 Å². The van der Waals surface area contributed by atoms with Gasteiger partial charge < -0.3 is 9.47 Å². The molecule has 192 valence electrons.